The SMILES string of the molecule is CCOC(=O)c1cnc2c(Cl)cccc2c1Cl. The molecule has 5 heteroatoms. The molecule has 3 nitrogen and oxygen atoms in total. The van der Waals surface area contributed by atoms with Crippen LogP contribution in [0.25, 0.3) is 10.9 Å². The van der Waals surface area contributed by atoms with Gasteiger partial charge in [-0.15, -0.1) is 0 Å². The van der Waals surface area contributed by atoms with Gasteiger partial charge in [0, 0.05) is 11.6 Å². The summed E-state index contributed by atoms with van der Waals surface area (Å²) in [5, 5.41) is 1.46. The Labute approximate surface area is 108 Å². The van der Waals surface area contributed by atoms with Crippen molar-refractivity contribution in [3.05, 3.63) is 40.0 Å². The quantitative estimate of drug-likeness (QED) is 0.781. The van der Waals surface area contributed by atoms with Gasteiger partial charge in [0.15, 0.2) is 0 Å². The Morgan fingerprint density at radius 1 is 1.41 bits per heavy atom. The molecule has 1 aromatic carbocycles. The lowest BCUT2D eigenvalue weighted by atomic mass is 10.1. The van der Waals surface area contributed by atoms with Crippen LogP contribution in [0.1, 0.15) is 17.3 Å². The fourth-order valence-electron chi connectivity index (χ4n) is 1.51. The third-order valence-corrected chi connectivity index (χ3v) is 2.99. The molecule has 2 rings (SSSR count). The number of hydrogen-bond acceptors (Lipinski definition) is 3. The highest BCUT2D eigenvalue weighted by molar-refractivity contribution is 6.40. The number of halogens is 2. The predicted molar refractivity (Wildman–Crippen MR) is 67.7 cm³/mol. The van der Waals surface area contributed by atoms with Crippen LogP contribution in [0.5, 0.6) is 0 Å². The normalized spacial score (nSPS) is 10.5. The average Bonchev–Trinajstić information content (AvgIpc) is 2.31. The Balaban J connectivity index is 2.62. The summed E-state index contributed by atoms with van der Waals surface area (Å²) in [7, 11) is 0. The van der Waals surface area contributed by atoms with Crippen molar-refractivity contribution in [2.24, 2.45) is 0 Å². The molecule has 0 N–H and O–H groups in total. The number of carbonyl (C=O) groups is 1. The lowest BCUT2D eigenvalue weighted by Crippen LogP contribution is -2.06. The molecule has 0 spiro atoms. The van der Waals surface area contributed by atoms with Gasteiger partial charge in [-0.05, 0) is 13.0 Å². The van der Waals surface area contributed by atoms with Crippen molar-refractivity contribution in [1.29, 1.82) is 0 Å². The maximum Gasteiger partial charge on any atom is 0.341 e. The summed E-state index contributed by atoms with van der Waals surface area (Å²) >= 11 is 12.1. The van der Waals surface area contributed by atoms with E-state index in [9.17, 15) is 4.79 Å². The van der Waals surface area contributed by atoms with E-state index in [-0.39, 0.29) is 5.56 Å². The molecule has 0 fully saturated rings. The van der Waals surface area contributed by atoms with Crippen LogP contribution in [-0.4, -0.2) is 17.6 Å². The topological polar surface area (TPSA) is 39.2 Å². The van der Waals surface area contributed by atoms with Crippen LogP contribution in [-0.2, 0) is 4.74 Å². The first-order valence-corrected chi connectivity index (χ1v) is 5.80. The van der Waals surface area contributed by atoms with Crippen molar-refractivity contribution in [3.8, 4) is 0 Å². The Morgan fingerprint density at radius 2 is 2.18 bits per heavy atom. The number of hydrogen-bond donors (Lipinski definition) is 0. The first kappa shape index (κ1) is 12.1. The van der Waals surface area contributed by atoms with Crippen molar-refractivity contribution in [1.82, 2.24) is 4.98 Å². The summed E-state index contributed by atoms with van der Waals surface area (Å²) in [5.41, 5.74) is 0.829. The van der Waals surface area contributed by atoms with E-state index in [0.717, 1.165) is 0 Å². The van der Waals surface area contributed by atoms with Gasteiger partial charge < -0.3 is 4.74 Å². The molecule has 17 heavy (non-hydrogen) atoms. The molecule has 2 aromatic rings. The Kier molecular flexibility index (Phi) is 3.50. The molecule has 1 heterocycles. The maximum atomic E-state index is 11.6. The first-order valence-electron chi connectivity index (χ1n) is 5.05. The summed E-state index contributed by atoms with van der Waals surface area (Å²) in [4.78, 5) is 15.7. The lowest BCUT2D eigenvalue weighted by Gasteiger charge is -2.07. The summed E-state index contributed by atoms with van der Waals surface area (Å²) in [5.74, 6) is -0.480. The van der Waals surface area contributed by atoms with Crippen molar-refractivity contribution in [3.63, 3.8) is 0 Å². The van der Waals surface area contributed by atoms with Crippen LogP contribution in [0, 0.1) is 0 Å². The minimum absolute atomic E-state index is 0.253. The number of benzene rings is 1. The highest BCUT2D eigenvalue weighted by atomic mass is 35.5. The van der Waals surface area contributed by atoms with Crippen molar-refractivity contribution < 1.29 is 9.53 Å². The van der Waals surface area contributed by atoms with E-state index in [4.69, 9.17) is 27.9 Å². The molecule has 0 radical (unpaired) electrons. The third kappa shape index (κ3) is 2.21. The second-order valence-corrected chi connectivity index (χ2v) is 4.13. The van der Waals surface area contributed by atoms with Crippen LogP contribution in [0.3, 0.4) is 0 Å². The number of aromatic nitrogens is 1. The van der Waals surface area contributed by atoms with E-state index < -0.39 is 5.97 Å². The summed E-state index contributed by atoms with van der Waals surface area (Å²) in [6.45, 7) is 2.03. The van der Waals surface area contributed by atoms with Crippen molar-refractivity contribution in [2.75, 3.05) is 6.61 Å². The highest BCUT2D eigenvalue weighted by Crippen LogP contribution is 2.29. The number of para-hydroxylation sites is 1. The second kappa shape index (κ2) is 4.90. The molecule has 0 amide bonds. The van der Waals surface area contributed by atoms with Gasteiger partial charge in [-0.1, -0.05) is 35.3 Å². The van der Waals surface area contributed by atoms with Crippen molar-refractivity contribution in [2.45, 2.75) is 6.92 Å². The number of nitrogens with zero attached hydrogens (tertiary/aromatic N) is 1. The lowest BCUT2D eigenvalue weighted by molar-refractivity contribution is 0.0526. The zero-order chi connectivity index (χ0) is 12.4. The van der Waals surface area contributed by atoms with E-state index >= 15 is 0 Å². The molecule has 88 valence electrons. The van der Waals surface area contributed by atoms with Crippen molar-refractivity contribution >= 4 is 40.1 Å². The predicted octanol–water partition coefficient (Wildman–Crippen LogP) is 3.72. The third-order valence-electron chi connectivity index (χ3n) is 2.28. The monoisotopic (exact) mass is 269 g/mol. The fourth-order valence-corrected chi connectivity index (χ4v) is 2.01. The van der Waals surface area contributed by atoms with Crippen LogP contribution in [0.4, 0.5) is 0 Å². The molecule has 1 aromatic heterocycles. The number of pyridine rings is 1. The second-order valence-electron chi connectivity index (χ2n) is 3.34. The molecule has 0 aliphatic heterocycles. The Morgan fingerprint density at radius 3 is 2.88 bits per heavy atom. The number of carbonyl (C=O) groups excluding carboxylic acids is 1. The average molecular weight is 270 g/mol. The summed E-state index contributed by atoms with van der Waals surface area (Å²) in [6, 6.07) is 5.24. The summed E-state index contributed by atoms with van der Waals surface area (Å²) in [6.07, 6.45) is 1.38. The molecule has 0 aliphatic rings. The van der Waals surface area contributed by atoms with Gasteiger partial charge in [-0.25, -0.2) is 4.79 Å². The van der Waals surface area contributed by atoms with E-state index in [1.165, 1.54) is 6.20 Å². The van der Waals surface area contributed by atoms with E-state index in [2.05, 4.69) is 4.98 Å². The molecule has 0 bridgehead atoms. The zero-order valence-corrected chi connectivity index (χ0v) is 10.5. The standard InChI is InChI=1S/C12H9Cl2NO2/c1-2-17-12(16)8-6-15-11-7(10(8)14)4-3-5-9(11)13/h3-6H,2H2,1H3. The minimum Gasteiger partial charge on any atom is -0.462 e. The Bertz CT molecular complexity index is 584. The highest BCUT2D eigenvalue weighted by Gasteiger charge is 2.15. The largest absolute Gasteiger partial charge is 0.462 e. The van der Waals surface area contributed by atoms with Gasteiger partial charge in [0.2, 0.25) is 0 Å². The van der Waals surface area contributed by atoms with Crippen LogP contribution < -0.4 is 0 Å². The number of esters is 1. The molecule has 0 saturated heterocycles. The van der Waals surface area contributed by atoms with E-state index in [1.54, 1.807) is 25.1 Å². The molecular formula is C12H9Cl2NO2. The zero-order valence-electron chi connectivity index (χ0n) is 9.04. The van der Waals surface area contributed by atoms with Crippen LogP contribution in [0.15, 0.2) is 24.4 Å². The van der Waals surface area contributed by atoms with E-state index in [1.807, 2.05) is 0 Å². The number of fused-ring (bicyclic) bond motifs is 1. The maximum absolute atomic E-state index is 11.6. The molecule has 0 aliphatic carbocycles. The number of rotatable bonds is 2. The van der Waals surface area contributed by atoms with Gasteiger partial charge in [0.25, 0.3) is 0 Å². The van der Waals surface area contributed by atoms with Crippen LogP contribution in [0.2, 0.25) is 10.0 Å². The van der Waals surface area contributed by atoms with E-state index in [0.29, 0.717) is 27.6 Å². The summed E-state index contributed by atoms with van der Waals surface area (Å²) < 4.78 is 4.89. The van der Waals surface area contributed by atoms with Gasteiger partial charge >= 0.3 is 5.97 Å². The fraction of sp³-hybridized carbons (Fsp3) is 0.167. The van der Waals surface area contributed by atoms with Gasteiger partial charge in [-0.3, -0.25) is 4.98 Å². The molecular weight excluding hydrogens is 261 g/mol. The molecule has 0 saturated carbocycles. The van der Waals surface area contributed by atoms with Gasteiger partial charge in [0.1, 0.15) is 0 Å². The van der Waals surface area contributed by atoms with Gasteiger partial charge in [0.05, 0.1) is 27.7 Å². The molecule has 0 unspecified atom stereocenters. The first-order chi connectivity index (χ1) is 8.15. The van der Waals surface area contributed by atoms with Crippen LogP contribution >= 0.6 is 23.2 Å². The Hall–Kier alpha value is -1.32. The number of ether oxygens (including phenoxy) is 1. The molecule has 0 atom stereocenters. The minimum atomic E-state index is -0.480. The van der Waals surface area contributed by atoms with Gasteiger partial charge in [-0.2, -0.15) is 0 Å². The smallest absolute Gasteiger partial charge is 0.341 e.